The molecule has 0 saturated carbocycles. The van der Waals surface area contributed by atoms with Crippen molar-refractivity contribution in [2.45, 2.75) is 46.0 Å². The van der Waals surface area contributed by atoms with Gasteiger partial charge in [0.25, 0.3) is 0 Å². The van der Waals surface area contributed by atoms with E-state index < -0.39 is 0 Å². The lowest BCUT2D eigenvalue weighted by atomic mass is 10.2. The molecule has 4 nitrogen and oxygen atoms in total. The van der Waals surface area contributed by atoms with Crippen molar-refractivity contribution in [2.24, 2.45) is 0 Å². The van der Waals surface area contributed by atoms with Crippen LogP contribution < -0.4 is 5.32 Å². The van der Waals surface area contributed by atoms with E-state index in [4.69, 9.17) is 0 Å². The van der Waals surface area contributed by atoms with E-state index in [1.165, 1.54) is 25.7 Å². The molecule has 112 valence electrons. The van der Waals surface area contributed by atoms with E-state index >= 15 is 0 Å². The van der Waals surface area contributed by atoms with Crippen LogP contribution >= 0.6 is 0 Å². The van der Waals surface area contributed by atoms with Gasteiger partial charge in [0.05, 0.1) is 6.54 Å². The number of likely N-dealkylation sites (tertiary alicyclic amines) is 1. The zero-order valence-corrected chi connectivity index (χ0v) is 12.8. The van der Waals surface area contributed by atoms with Gasteiger partial charge in [0, 0.05) is 13.1 Å². The number of carbonyl (C=O) groups is 1. The minimum Gasteiger partial charge on any atom is -0.342 e. The van der Waals surface area contributed by atoms with Gasteiger partial charge in [0.2, 0.25) is 5.91 Å². The molecule has 0 spiro atoms. The summed E-state index contributed by atoms with van der Waals surface area (Å²) in [6.45, 7) is 11.1. The van der Waals surface area contributed by atoms with Crippen molar-refractivity contribution in [3.8, 4) is 0 Å². The summed E-state index contributed by atoms with van der Waals surface area (Å²) in [5.74, 6) is 0.282. The Hall–Kier alpha value is -0.610. The Morgan fingerprint density at radius 1 is 1.11 bits per heavy atom. The molecule has 19 heavy (non-hydrogen) atoms. The third-order valence-corrected chi connectivity index (χ3v) is 3.96. The Bertz CT molecular complexity index is 234. The molecule has 1 N–H and O–H groups in total. The molecular formula is C15H31N3O. The van der Waals surface area contributed by atoms with Crippen LogP contribution in [0, 0.1) is 0 Å². The molecule has 0 aromatic carbocycles. The maximum absolute atomic E-state index is 12.0. The van der Waals surface area contributed by atoms with Gasteiger partial charge in [0.1, 0.15) is 0 Å². The zero-order valence-electron chi connectivity index (χ0n) is 12.8. The Kier molecular flexibility index (Phi) is 8.84. The summed E-state index contributed by atoms with van der Waals surface area (Å²) in [5, 5.41) is 3.29. The van der Waals surface area contributed by atoms with Crippen LogP contribution in [0.15, 0.2) is 0 Å². The molecular weight excluding hydrogens is 238 g/mol. The second kappa shape index (κ2) is 10.2. The van der Waals surface area contributed by atoms with E-state index in [0.717, 1.165) is 45.7 Å². The molecule has 0 bridgehead atoms. The molecule has 1 heterocycles. The number of rotatable bonds is 8. The van der Waals surface area contributed by atoms with Crippen LogP contribution in [-0.2, 0) is 4.79 Å². The van der Waals surface area contributed by atoms with Crippen LogP contribution in [0.2, 0.25) is 0 Å². The summed E-state index contributed by atoms with van der Waals surface area (Å²) in [7, 11) is 0. The number of amides is 1. The second-order valence-corrected chi connectivity index (χ2v) is 5.35. The predicted molar refractivity (Wildman–Crippen MR) is 80.3 cm³/mol. The summed E-state index contributed by atoms with van der Waals surface area (Å²) in [6.07, 6.45) is 6.03. The lowest BCUT2D eigenvalue weighted by molar-refractivity contribution is -0.130. The van der Waals surface area contributed by atoms with E-state index in [-0.39, 0.29) is 5.91 Å². The first kappa shape index (κ1) is 16.4. The van der Waals surface area contributed by atoms with E-state index in [0.29, 0.717) is 6.54 Å². The predicted octanol–water partition coefficient (Wildman–Crippen LogP) is 1.71. The van der Waals surface area contributed by atoms with Gasteiger partial charge in [-0.1, -0.05) is 26.7 Å². The lowest BCUT2D eigenvalue weighted by Crippen LogP contribution is -2.39. The molecule has 1 rings (SSSR count). The van der Waals surface area contributed by atoms with Crippen molar-refractivity contribution in [1.29, 1.82) is 0 Å². The van der Waals surface area contributed by atoms with Gasteiger partial charge in [-0.05, 0) is 45.4 Å². The van der Waals surface area contributed by atoms with Gasteiger partial charge < -0.3 is 15.1 Å². The Balaban J connectivity index is 2.06. The average molecular weight is 269 g/mol. The van der Waals surface area contributed by atoms with E-state index in [2.05, 4.69) is 24.1 Å². The molecule has 1 saturated heterocycles. The highest BCUT2D eigenvalue weighted by Gasteiger charge is 2.14. The standard InChI is InChI=1S/C15H31N3O/c1-3-17(4-2)11-9-10-16-14-15(19)18-12-7-5-6-8-13-18/h16H,3-14H2,1-2H3. The van der Waals surface area contributed by atoms with Crippen LogP contribution in [-0.4, -0.2) is 61.5 Å². The van der Waals surface area contributed by atoms with Crippen molar-refractivity contribution in [1.82, 2.24) is 15.1 Å². The van der Waals surface area contributed by atoms with Crippen molar-refractivity contribution < 1.29 is 4.79 Å². The van der Waals surface area contributed by atoms with Crippen LogP contribution in [0.25, 0.3) is 0 Å². The van der Waals surface area contributed by atoms with Crippen LogP contribution in [0.1, 0.15) is 46.0 Å². The first-order valence-electron chi connectivity index (χ1n) is 7.98. The first-order chi connectivity index (χ1) is 9.27. The molecule has 0 unspecified atom stereocenters. The van der Waals surface area contributed by atoms with Crippen molar-refractivity contribution >= 4 is 5.91 Å². The molecule has 0 aromatic heterocycles. The summed E-state index contributed by atoms with van der Waals surface area (Å²) >= 11 is 0. The van der Waals surface area contributed by atoms with Gasteiger partial charge >= 0.3 is 0 Å². The summed E-state index contributed by atoms with van der Waals surface area (Å²) in [4.78, 5) is 16.5. The van der Waals surface area contributed by atoms with Gasteiger partial charge in [-0.3, -0.25) is 4.79 Å². The molecule has 1 fully saturated rings. The fourth-order valence-electron chi connectivity index (χ4n) is 2.59. The van der Waals surface area contributed by atoms with E-state index in [1.54, 1.807) is 0 Å². The minimum atomic E-state index is 0.282. The average Bonchev–Trinajstić information content (AvgIpc) is 2.71. The number of nitrogens with zero attached hydrogens (tertiary/aromatic N) is 2. The smallest absolute Gasteiger partial charge is 0.236 e. The highest BCUT2D eigenvalue weighted by Crippen LogP contribution is 2.09. The molecule has 1 aliphatic heterocycles. The third kappa shape index (κ3) is 6.92. The Morgan fingerprint density at radius 3 is 2.32 bits per heavy atom. The van der Waals surface area contributed by atoms with Crippen molar-refractivity contribution in [3.63, 3.8) is 0 Å². The highest BCUT2D eigenvalue weighted by molar-refractivity contribution is 5.78. The second-order valence-electron chi connectivity index (χ2n) is 5.35. The van der Waals surface area contributed by atoms with Gasteiger partial charge in [0.15, 0.2) is 0 Å². The SMILES string of the molecule is CCN(CC)CCCNCC(=O)N1CCCCCC1. The Morgan fingerprint density at radius 2 is 1.74 bits per heavy atom. The van der Waals surface area contributed by atoms with Crippen LogP contribution in [0.4, 0.5) is 0 Å². The topological polar surface area (TPSA) is 35.6 Å². The molecule has 0 aliphatic carbocycles. The maximum atomic E-state index is 12.0. The Labute approximate surface area is 118 Å². The van der Waals surface area contributed by atoms with Crippen LogP contribution in [0.3, 0.4) is 0 Å². The quantitative estimate of drug-likeness (QED) is 0.681. The zero-order chi connectivity index (χ0) is 13.9. The van der Waals surface area contributed by atoms with E-state index in [9.17, 15) is 4.79 Å². The van der Waals surface area contributed by atoms with Crippen molar-refractivity contribution in [2.75, 3.05) is 45.8 Å². The maximum Gasteiger partial charge on any atom is 0.236 e. The highest BCUT2D eigenvalue weighted by atomic mass is 16.2. The summed E-state index contributed by atoms with van der Waals surface area (Å²) in [5.41, 5.74) is 0. The monoisotopic (exact) mass is 269 g/mol. The summed E-state index contributed by atoms with van der Waals surface area (Å²) < 4.78 is 0. The molecule has 1 aliphatic rings. The molecule has 0 aromatic rings. The van der Waals surface area contributed by atoms with E-state index in [1.807, 2.05) is 4.90 Å². The van der Waals surface area contributed by atoms with Crippen molar-refractivity contribution in [3.05, 3.63) is 0 Å². The third-order valence-electron chi connectivity index (χ3n) is 3.96. The lowest BCUT2D eigenvalue weighted by Gasteiger charge is -2.21. The summed E-state index contributed by atoms with van der Waals surface area (Å²) in [6, 6.07) is 0. The normalized spacial score (nSPS) is 16.7. The largest absolute Gasteiger partial charge is 0.342 e. The van der Waals surface area contributed by atoms with Gasteiger partial charge in [-0.2, -0.15) is 0 Å². The first-order valence-corrected chi connectivity index (χ1v) is 7.98. The molecule has 0 atom stereocenters. The number of hydrogen-bond donors (Lipinski definition) is 1. The fourth-order valence-corrected chi connectivity index (χ4v) is 2.59. The number of nitrogens with one attached hydrogen (secondary N) is 1. The van der Waals surface area contributed by atoms with Gasteiger partial charge in [-0.15, -0.1) is 0 Å². The number of hydrogen-bond acceptors (Lipinski definition) is 3. The van der Waals surface area contributed by atoms with Gasteiger partial charge in [-0.25, -0.2) is 0 Å². The molecule has 4 heteroatoms. The van der Waals surface area contributed by atoms with Crippen LogP contribution in [0.5, 0.6) is 0 Å². The number of carbonyl (C=O) groups excluding carboxylic acids is 1. The molecule has 0 radical (unpaired) electrons. The minimum absolute atomic E-state index is 0.282. The fraction of sp³-hybridized carbons (Fsp3) is 0.933. The molecule has 1 amide bonds.